The summed E-state index contributed by atoms with van der Waals surface area (Å²) in [5.41, 5.74) is 1.65. The summed E-state index contributed by atoms with van der Waals surface area (Å²) in [6.07, 6.45) is 3.08. The Labute approximate surface area is 90.7 Å². The molecular weight excluding hydrogens is 210 g/mol. The molecule has 0 radical (unpaired) electrons. The van der Waals surface area contributed by atoms with Gasteiger partial charge in [0.15, 0.2) is 6.20 Å². The van der Waals surface area contributed by atoms with Crippen LogP contribution in [0, 0.1) is 10.1 Å². The third kappa shape index (κ3) is 2.32. The van der Waals surface area contributed by atoms with Gasteiger partial charge in [-0.25, -0.2) is 0 Å². The van der Waals surface area contributed by atoms with Gasteiger partial charge in [-0.1, -0.05) is 0 Å². The van der Waals surface area contributed by atoms with Crippen molar-refractivity contribution in [1.82, 2.24) is 15.2 Å². The zero-order valence-corrected chi connectivity index (χ0v) is 8.25. The average Bonchev–Trinajstić information content (AvgIpc) is 2.80. The number of nitro groups is 1. The largest absolute Gasteiger partial charge is 0.376 e. The molecule has 2 N–H and O–H groups in total. The predicted octanol–water partition coefficient (Wildman–Crippen LogP) is 1.32. The Morgan fingerprint density at radius 2 is 2.31 bits per heavy atom. The van der Waals surface area contributed by atoms with Gasteiger partial charge in [0, 0.05) is 12.3 Å². The van der Waals surface area contributed by atoms with Crippen LogP contribution in [0.1, 0.15) is 5.69 Å². The van der Waals surface area contributed by atoms with Crippen LogP contribution in [-0.2, 0) is 6.54 Å². The lowest BCUT2D eigenvalue weighted by molar-refractivity contribution is -0.389. The molecule has 0 saturated heterocycles. The maximum absolute atomic E-state index is 10.4. The van der Waals surface area contributed by atoms with E-state index < -0.39 is 4.92 Å². The van der Waals surface area contributed by atoms with E-state index in [1.165, 1.54) is 12.3 Å². The van der Waals surface area contributed by atoms with Crippen LogP contribution < -0.4 is 5.32 Å². The first kappa shape index (κ1) is 10.1. The molecule has 0 fully saturated rings. The summed E-state index contributed by atoms with van der Waals surface area (Å²) in [5, 5.41) is 20.0. The molecule has 7 heteroatoms. The number of anilines is 1. The van der Waals surface area contributed by atoms with Crippen LogP contribution in [0.5, 0.6) is 0 Å². The Hall–Kier alpha value is -2.44. The van der Waals surface area contributed by atoms with Gasteiger partial charge >= 0.3 is 5.82 Å². The van der Waals surface area contributed by atoms with Crippen LogP contribution in [-0.4, -0.2) is 20.1 Å². The molecule has 0 aliphatic heterocycles. The van der Waals surface area contributed by atoms with Gasteiger partial charge in [0.1, 0.15) is 0 Å². The highest BCUT2D eigenvalue weighted by Gasteiger charge is 2.05. The molecule has 0 atom stereocenters. The molecule has 2 rings (SSSR count). The number of aromatic amines is 1. The lowest BCUT2D eigenvalue weighted by atomic mass is 10.3. The lowest BCUT2D eigenvalue weighted by Crippen LogP contribution is -2.00. The van der Waals surface area contributed by atoms with E-state index in [-0.39, 0.29) is 5.82 Å². The minimum absolute atomic E-state index is 0.160. The number of nitrogens with zero attached hydrogens (tertiary/aromatic N) is 3. The first-order valence-corrected chi connectivity index (χ1v) is 4.58. The normalized spacial score (nSPS) is 10.0. The Balaban J connectivity index is 1.98. The lowest BCUT2D eigenvalue weighted by Gasteiger charge is -2.01. The molecule has 0 spiro atoms. The van der Waals surface area contributed by atoms with Gasteiger partial charge in [-0.2, -0.15) is 5.10 Å². The third-order valence-electron chi connectivity index (χ3n) is 1.98. The van der Waals surface area contributed by atoms with Crippen molar-refractivity contribution in [3.05, 3.63) is 46.4 Å². The van der Waals surface area contributed by atoms with Gasteiger partial charge in [0.2, 0.25) is 0 Å². The van der Waals surface area contributed by atoms with E-state index >= 15 is 0 Å². The monoisotopic (exact) mass is 219 g/mol. The molecule has 82 valence electrons. The standard InChI is InChI=1S/C9H9N5O2/c15-14(16)9-2-1-7(5-11-9)10-6-8-3-4-12-13-8/h1-5,10H,6H2,(H,12,13). The van der Waals surface area contributed by atoms with Crippen molar-refractivity contribution >= 4 is 11.5 Å². The summed E-state index contributed by atoms with van der Waals surface area (Å²) in [7, 11) is 0. The second-order valence-corrected chi connectivity index (χ2v) is 3.10. The van der Waals surface area contributed by atoms with Crippen LogP contribution >= 0.6 is 0 Å². The van der Waals surface area contributed by atoms with Crippen LogP contribution in [0.25, 0.3) is 0 Å². The molecular formula is C9H9N5O2. The summed E-state index contributed by atoms with van der Waals surface area (Å²) in [5.74, 6) is -0.160. The second-order valence-electron chi connectivity index (χ2n) is 3.10. The Morgan fingerprint density at radius 1 is 1.44 bits per heavy atom. The fourth-order valence-corrected chi connectivity index (χ4v) is 1.18. The van der Waals surface area contributed by atoms with Crippen LogP contribution in [0.2, 0.25) is 0 Å². The van der Waals surface area contributed by atoms with E-state index in [2.05, 4.69) is 20.5 Å². The molecule has 0 unspecified atom stereocenters. The van der Waals surface area contributed by atoms with E-state index in [9.17, 15) is 10.1 Å². The predicted molar refractivity (Wildman–Crippen MR) is 56.8 cm³/mol. The maximum atomic E-state index is 10.4. The minimum Gasteiger partial charge on any atom is -0.376 e. The highest BCUT2D eigenvalue weighted by Crippen LogP contribution is 2.11. The first-order valence-electron chi connectivity index (χ1n) is 4.58. The van der Waals surface area contributed by atoms with Crippen LogP contribution in [0.3, 0.4) is 0 Å². The van der Waals surface area contributed by atoms with Gasteiger partial charge in [-0.15, -0.1) is 0 Å². The molecule has 0 aromatic carbocycles. The summed E-state index contributed by atoms with van der Waals surface area (Å²) in [6.45, 7) is 0.569. The fourth-order valence-electron chi connectivity index (χ4n) is 1.18. The van der Waals surface area contributed by atoms with E-state index in [1.807, 2.05) is 6.07 Å². The van der Waals surface area contributed by atoms with Crippen LogP contribution in [0.15, 0.2) is 30.6 Å². The van der Waals surface area contributed by atoms with E-state index in [4.69, 9.17) is 0 Å². The van der Waals surface area contributed by atoms with Gasteiger partial charge < -0.3 is 15.4 Å². The summed E-state index contributed by atoms with van der Waals surface area (Å²) >= 11 is 0. The minimum atomic E-state index is -0.529. The highest BCUT2D eigenvalue weighted by atomic mass is 16.6. The highest BCUT2D eigenvalue weighted by molar-refractivity contribution is 5.43. The Morgan fingerprint density at radius 3 is 2.88 bits per heavy atom. The van der Waals surface area contributed by atoms with Gasteiger partial charge in [-0.3, -0.25) is 5.10 Å². The van der Waals surface area contributed by atoms with Crippen molar-refractivity contribution in [2.24, 2.45) is 0 Å². The van der Waals surface area contributed by atoms with Crippen molar-refractivity contribution in [1.29, 1.82) is 0 Å². The maximum Gasteiger partial charge on any atom is 0.363 e. The number of pyridine rings is 1. The molecule has 2 aromatic rings. The van der Waals surface area contributed by atoms with E-state index in [0.717, 1.165) is 11.4 Å². The fraction of sp³-hybridized carbons (Fsp3) is 0.111. The van der Waals surface area contributed by atoms with Crippen molar-refractivity contribution in [3.63, 3.8) is 0 Å². The van der Waals surface area contributed by atoms with Gasteiger partial charge in [0.25, 0.3) is 0 Å². The molecule has 2 heterocycles. The summed E-state index contributed by atoms with van der Waals surface area (Å²) in [6, 6.07) is 4.81. The molecule has 2 aromatic heterocycles. The molecule has 16 heavy (non-hydrogen) atoms. The van der Waals surface area contributed by atoms with Gasteiger partial charge in [0.05, 0.1) is 17.9 Å². The van der Waals surface area contributed by atoms with Crippen molar-refractivity contribution < 1.29 is 4.92 Å². The SMILES string of the molecule is O=[N+]([O-])c1ccc(NCc2ccn[nH]2)cn1. The van der Waals surface area contributed by atoms with E-state index in [1.54, 1.807) is 12.3 Å². The number of hydrogen-bond donors (Lipinski definition) is 2. The summed E-state index contributed by atoms with van der Waals surface area (Å²) in [4.78, 5) is 13.5. The quantitative estimate of drug-likeness (QED) is 0.597. The number of rotatable bonds is 4. The van der Waals surface area contributed by atoms with Crippen molar-refractivity contribution in [2.45, 2.75) is 6.54 Å². The number of H-pyrrole nitrogens is 1. The Bertz CT molecular complexity index is 465. The third-order valence-corrected chi connectivity index (χ3v) is 1.98. The zero-order chi connectivity index (χ0) is 11.4. The smallest absolute Gasteiger partial charge is 0.363 e. The molecule has 0 amide bonds. The van der Waals surface area contributed by atoms with Crippen LogP contribution in [0.4, 0.5) is 11.5 Å². The second kappa shape index (κ2) is 4.39. The van der Waals surface area contributed by atoms with E-state index in [0.29, 0.717) is 6.54 Å². The Kier molecular flexibility index (Phi) is 2.77. The van der Waals surface area contributed by atoms with Crippen molar-refractivity contribution in [2.75, 3.05) is 5.32 Å². The zero-order valence-electron chi connectivity index (χ0n) is 8.25. The average molecular weight is 219 g/mol. The molecule has 0 saturated carbocycles. The first-order chi connectivity index (χ1) is 7.75. The summed E-state index contributed by atoms with van der Waals surface area (Å²) < 4.78 is 0. The van der Waals surface area contributed by atoms with Gasteiger partial charge in [-0.05, 0) is 22.0 Å². The number of aromatic nitrogens is 3. The molecule has 7 nitrogen and oxygen atoms in total. The molecule has 0 aliphatic rings. The molecule has 0 bridgehead atoms. The number of nitrogens with one attached hydrogen (secondary N) is 2. The topological polar surface area (TPSA) is 96.7 Å². The van der Waals surface area contributed by atoms with Crippen molar-refractivity contribution in [3.8, 4) is 0 Å². The molecule has 0 aliphatic carbocycles. The number of hydrogen-bond acceptors (Lipinski definition) is 5.